The number of rotatable bonds is 2. The summed E-state index contributed by atoms with van der Waals surface area (Å²) >= 11 is 0. The summed E-state index contributed by atoms with van der Waals surface area (Å²) in [6.45, 7) is 0.241. The van der Waals surface area contributed by atoms with Crippen molar-refractivity contribution >= 4 is 10.8 Å². The molecular formula is C11H10O2. The van der Waals surface area contributed by atoms with Crippen molar-refractivity contribution in [2.75, 3.05) is 0 Å². The van der Waals surface area contributed by atoms with E-state index >= 15 is 0 Å². The first-order chi connectivity index (χ1) is 6.40. The van der Waals surface area contributed by atoms with Gasteiger partial charge in [-0.3, -0.25) is 5.26 Å². The Morgan fingerprint density at radius 2 is 1.77 bits per heavy atom. The van der Waals surface area contributed by atoms with Crippen LogP contribution in [0, 0.1) is 0 Å². The summed E-state index contributed by atoms with van der Waals surface area (Å²) in [5, 5.41) is 10.7. The molecule has 0 aromatic heterocycles. The molecule has 0 atom stereocenters. The van der Waals surface area contributed by atoms with E-state index in [1.165, 1.54) is 5.39 Å². The van der Waals surface area contributed by atoms with Crippen LogP contribution >= 0.6 is 0 Å². The lowest BCUT2D eigenvalue weighted by atomic mass is 10.1. The van der Waals surface area contributed by atoms with E-state index < -0.39 is 0 Å². The summed E-state index contributed by atoms with van der Waals surface area (Å²) < 4.78 is 0. The molecular weight excluding hydrogens is 164 g/mol. The molecule has 0 unspecified atom stereocenters. The fourth-order valence-corrected chi connectivity index (χ4v) is 1.40. The molecule has 0 aliphatic heterocycles. The highest BCUT2D eigenvalue weighted by atomic mass is 17.1. The highest BCUT2D eigenvalue weighted by Crippen LogP contribution is 2.15. The quantitative estimate of drug-likeness (QED) is 0.560. The lowest BCUT2D eigenvalue weighted by Crippen LogP contribution is -1.86. The molecule has 0 saturated heterocycles. The maximum absolute atomic E-state index is 8.29. The van der Waals surface area contributed by atoms with Crippen LogP contribution in [-0.2, 0) is 11.5 Å². The van der Waals surface area contributed by atoms with Crippen LogP contribution in [0.2, 0.25) is 0 Å². The number of benzene rings is 2. The molecule has 0 aliphatic carbocycles. The second-order valence-corrected chi connectivity index (χ2v) is 2.95. The van der Waals surface area contributed by atoms with Gasteiger partial charge in [0, 0.05) is 0 Å². The second kappa shape index (κ2) is 3.56. The van der Waals surface area contributed by atoms with Crippen molar-refractivity contribution in [1.29, 1.82) is 0 Å². The Kier molecular flexibility index (Phi) is 2.25. The molecule has 0 aliphatic rings. The van der Waals surface area contributed by atoms with Gasteiger partial charge in [0.1, 0.15) is 6.61 Å². The minimum absolute atomic E-state index is 0.241. The van der Waals surface area contributed by atoms with E-state index in [0.29, 0.717) is 0 Å². The molecule has 2 nitrogen and oxygen atoms in total. The van der Waals surface area contributed by atoms with Gasteiger partial charge in [-0.1, -0.05) is 36.4 Å². The van der Waals surface area contributed by atoms with Gasteiger partial charge in [-0.05, 0) is 22.4 Å². The first-order valence-corrected chi connectivity index (χ1v) is 4.14. The molecule has 13 heavy (non-hydrogen) atoms. The Hall–Kier alpha value is -1.38. The van der Waals surface area contributed by atoms with E-state index in [1.807, 2.05) is 36.4 Å². The Balaban J connectivity index is 2.49. The number of fused-ring (bicyclic) bond motifs is 1. The first kappa shape index (κ1) is 8.23. The van der Waals surface area contributed by atoms with Gasteiger partial charge in [-0.15, -0.1) is 0 Å². The van der Waals surface area contributed by atoms with Gasteiger partial charge < -0.3 is 0 Å². The van der Waals surface area contributed by atoms with Crippen LogP contribution < -0.4 is 0 Å². The molecule has 0 fully saturated rings. The summed E-state index contributed by atoms with van der Waals surface area (Å²) in [7, 11) is 0. The lowest BCUT2D eigenvalue weighted by Gasteiger charge is -2.00. The van der Waals surface area contributed by atoms with Gasteiger partial charge in [0.15, 0.2) is 0 Å². The van der Waals surface area contributed by atoms with Crippen LogP contribution in [0.5, 0.6) is 0 Å². The molecule has 0 bridgehead atoms. The van der Waals surface area contributed by atoms with E-state index in [9.17, 15) is 0 Å². The molecule has 0 spiro atoms. The number of hydrogen-bond acceptors (Lipinski definition) is 2. The average molecular weight is 174 g/mol. The highest BCUT2D eigenvalue weighted by Gasteiger charge is 1.95. The van der Waals surface area contributed by atoms with Gasteiger partial charge in [-0.25, -0.2) is 4.89 Å². The third-order valence-corrected chi connectivity index (χ3v) is 2.05. The fraction of sp³-hybridized carbons (Fsp3) is 0.0909. The van der Waals surface area contributed by atoms with Gasteiger partial charge in [0.05, 0.1) is 0 Å². The maximum Gasteiger partial charge on any atom is 0.107 e. The zero-order valence-corrected chi connectivity index (χ0v) is 7.10. The maximum atomic E-state index is 8.29. The van der Waals surface area contributed by atoms with Gasteiger partial charge in [0.2, 0.25) is 0 Å². The highest BCUT2D eigenvalue weighted by molar-refractivity contribution is 5.82. The standard InChI is InChI=1S/C11H10O2/c12-13-8-9-5-6-10-3-1-2-4-11(10)7-9/h1-7,12H,8H2. The predicted octanol–water partition coefficient (Wildman–Crippen LogP) is 2.83. The monoisotopic (exact) mass is 174 g/mol. The third kappa shape index (κ3) is 1.69. The van der Waals surface area contributed by atoms with E-state index in [4.69, 9.17) is 5.26 Å². The summed E-state index contributed by atoms with van der Waals surface area (Å²) in [4.78, 5) is 4.08. The van der Waals surface area contributed by atoms with Crippen molar-refractivity contribution in [3.05, 3.63) is 48.0 Å². The van der Waals surface area contributed by atoms with Crippen molar-refractivity contribution in [2.24, 2.45) is 0 Å². The van der Waals surface area contributed by atoms with Crippen molar-refractivity contribution in [1.82, 2.24) is 0 Å². The summed E-state index contributed by atoms with van der Waals surface area (Å²) in [5.41, 5.74) is 0.973. The summed E-state index contributed by atoms with van der Waals surface area (Å²) in [6.07, 6.45) is 0. The van der Waals surface area contributed by atoms with Gasteiger partial charge >= 0.3 is 0 Å². The minimum atomic E-state index is 0.241. The zero-order chi connectivity index (χ0) is 9.10. The smallest absolute Gasteiger partial charge is 0.107 e. The molecule has 2 aromatic carbocycles. The molecule has 2 rings (SSSR count). The van der Waals surface area contributed by atoms with Crippen molar-refractivity contribution in [3.8, 4) is 0 Å². The predicted molar refractivity (Wildman–Crippen MR) is 51.4 cm³/mol. The topological polar surface area (TPSA) is 29.5 Å². The molecule has 0 saturated carbocycles. The van der Waals surface area contributed by atoms with E-state index in [-0.39, 0.29) is 6.61 Å². The van der Waals surface area contributed by atoms with E-state index in [1.54, 1.807) is 0 Å². The van der Waals surface area contributed by atoms with Crippen LogP contribution in [0.1, 0.15) is 5.56 Å². The van der Waals surface area contributed by atoms with Crippen LogP contribution in [0.25, 0.3) is 10.8 Å². The van der Waals surface area contributed by atoms with Crippen LogP contribution in [0.3, 0.4) is 0 Å². The van der Waals surface area contributed by atoms with Crippen LogP contribution in [-0.4, -0.2) is 5.26 Å². The Morgan fingerprint density at radius 1 is 1.00 bits per heavy atom. The largest absolute Gasteiger partial charge is 0.251 e. The Labute approximate surface area is 76.3 Å². The molecule has 1 N–H and O–H groups in total. The van der Waals surface area contributed by atoms with Crippen LogP contribution in [0.4, 0.5) is 0 Å². The SMILES string of the molecule is OOCc1ccc2ccccc2c1. The Morgan fingerprint density at radius 3 is 2.54 bits per heavy atom. The molecule has 2 heteroatoms. The first-order valence-electron chi connectivity index (χ1n) is 4.14. The number of hydrogen-bond donors (Lipinski definition) is 1. The normalized spacial score (nSPS) is 10.5. The Bertz CT molecular complexity index is 410. The fourth-order valence-electron chi connectivity index (χ4n) is 1.40. The van der Waals surface area contributed by atoms with E-state index in [2.05, 4.69) is 11.0 Å². The van der Waals surface area contributed by atoms with Crippen molar-refractivity contribution in [2.45, 2.75) is 6.61 Å². The summed E-state index contributed by atoms with van der Waals surface area (Å²) in [5.74, 6) is 0. The second-order valence-electron chi connectivity index (χ2n) is 2.95. The van der Waals surface area contributed by atoms with Crippen molar-refractivity contribution in [3.63, 3.8) is 0 Å². The van der Waals surface area contributed by atoms with Crippen molar-refractivity contribution < 1.29 is 10.1 Å². The third-order valence-electron chi connectivity index (χ3n) is 2.05. The molecule has 0 amide bonds. The molecule has 2 aromatic rings. The van der Waals surface area contributed by atoms with Gasteiger partial charge in [0.25, 0.3) is 0 Å². The molecule has 66 valence electrons. The summed E-state index contributed by atoms with van der Waals surface area (Å²) in [6, 6.07) is 14.1. The van der Waals surface area contributed by atoms with E-state index in [0.717, 1.165) is 10.9 Å². The van der Waals surface area contributed by atoms with Crippen LogP contribution in [0.15, 0.2) is 42.5 Å². The molecule has 0 radical (unpaired) electrons. The molecule has 0 heterocycles. The minimum Gasteiger partial charge on any atom is -0.251 e. The van der Waals surface area contributed by atoms with Gasteiger partial charge in [-0.2, -0.15) is 0 Å². The lowest BCUT2D eigenvalue weighted by molar-refractivity contribution is -0.252. The zero-order valence-electron chi connectivity index (χ0n) is 7.10. The average Bonchev–Trinajstić information content (AvgIpc) is 2.18.